The van der Waals surface area contributed by atoms with Crippen molar-refractivity contribution in [3.63, 3.8) is 0 Å². The molecule has 1 aliphatic heterocycles. The van der Waals surface area contributed by atoms with Gasteiger partial charge in [-0.3, -0.25) is 15.0 Å². The number of nitrogens with zero attached hydrogens (tertiary/aromatic N) is 1. The Morgan fingerprint density at radius 1 is 1.36 bits per heavy atom. The van der Waals surface area contributed by atoms with E-state index in [-0.39, 0.29) is 30.9 Å². The largest absolute Gasteiger partial charge is 0.496 e. The molecule has 0 aromatic heterocycles. The van der Waals surface area contributed by atoms with Crippen LogP contribution in [0.15, 0.2) is 24.3 Å². The molecule has 140 valence electrons. The first-order chi connectivity index (χ1) is 11.7. The third kappa shape index (κ3) is 6.19. The standard InChI is InChI=1S/C17H26N4O3.ClH/c1-3-8-19-17(23)20-16(22)12-21-10-9-18-11-14(21)13-6-4-5-7-15(13)24-2;/h4-7,14,18H,3,8-12H2,1-2H3,(H2,19,20,22,23);1H. The molecule has 1 atom stereocenters. The van der Waals surface area contributed by atoms with Gasteiger partial charge in [-0.25, -0.2) is 4.79 Å². The fourth-order valence-corrected chi connectivity index (χ4v) is 2.82. The van der Waals surface area contributed by atoms with Crippen LogP contribution in [0.2, 0.25) is 0 Å². The number of ether oxygens (including phenoxy) is 1. The Morgan fingerprint density at radius 2 is 2.12 bits per heavy atom. The van der Waals surface area contributed by atoms with Gasteiger partial charge in [0.2, 0.25) is 5.91 Å². The van der Waals surface area contributed by atoms with Crippen LogP contribution >= 0.6 is 12.4 Å². The number of methoxy groups -OCH3 is 1. The summed E-state index contributed by atoms with van der Waals surface area (Å²) in [5, 5.41) is 8.37. The molecule has 0 spiro atoms. The number of hydrogen-bond acceptors (Lipinski definition) is 5. The summed E-state index contributed by atoms with van der Waals surface area (Å²) in [7, 11) is 1.64. The second kappa shape index (κ2) is 10.9. The lowest BCUT2D eigenvalue weighted by atomic mass is 10.0. The average Bonchev–Trinajstić information content (AvgIpc) is 2.60. The molecule has 1 aromatic carbocycles. The van der Waals surface area contributed by atoms with Gasteiger partial charge in [0.05, 0.1) is 19.7 Å². The maximum absolute atomic E-state index is 12.2. The predicted molar refractivity (Wildman–Crippen MR) is 99.3 cm³/mol. The van der Waals surface area contributed by atoms with E-state index in [0.29, 0.717) is 6.54 Å². The third-order valence-electron chi connectivity index (χ3n) is 3.99. The number of nitrogens with one attached hydrogen (secondary N) is 3. The number of piperazine rings is 1. The van der Waals surface area contributed by atoms with E-state index in [4.69, 9.17) is 4.74 Å². The molecule has 0 aliphatic carbocycles. The molecule has 3 amide bonds. The molecule has 3 N–H and O–H groups in total. The summed E-state index contributed by atoms with van der Waals surface area (Å²) >= 11 is 0. The monoisotopic (exact) mass is 370 g/mol. The minimum absolute atomic E-state index is 0. The molecule has 0 bridgehead atoms. The minimum Gasteiger partial charge on any atom is -0.496 e. The molecule has 0 saturated carbocycles. The molecule has 8 heteroatoms. The van der Waals surface area contributed by atoms with Gasteiger partial charge in [0.1, 0.15) is 5.75 Å². The van der Waals surface area contributed by atoms with Crippen LogP contribution in [-0.4, -0.2) is 56.7 Å². The van der Waals surface area contributed by atoms with E-state index in [9.17, 15) is 9.59 Å². The van der Waals surface area contributed by atoms with Crippen molar-refractivity contribution < 1.29 is 14.3 Å². The number of benzene rings is 1. The molecule has 2 rings (SSSR count). The van der Waals surface area contributed by atoms with Crippen molar-refractivity contribution in [2.24, 2.45) is 0 Å². The molecule has 1 fully saturated rings. The van der Waals surface area contributed by atoms with Crippen molar-refractivity contribution >= 4 is 24.3 Å². The molecule has 0 radical (unpaired) electrons. The molecule has 25 heavy (non-hydrogen) atoms. The summed E-state index contributed by atoms with van der Waals surface area (Å²) in [5.74, 6) is 0.502. The zero-order valence-electron chi connectivity index (χ0n) is 14.7. The molecule has 1 saturated heterocycles. The van der Waals surface area contributed by atoms with Gasteiger partial charge in [0, 0.05) is 31.7 Å². The van der Waals surface area contributed by atoms with Crippen LogP contribution in [0, 0.1) is 0 Å². The van der Waals surface area contributed by atoms with Crippen molar-refractivity contribution in [3.05, 3.63) is 29.8 Å². The predicted octanol–water partition coefficient (Wildman–Crippen LogP) is 1.30. The molecular formula is C17H27ClN4O3. The maximum atomic E-state index is 12.2. The summed E-state index contributed by atoms with van der Waals surface area (Å²) < 4.78 is 5.44. The first-order valence-electron chi connectivity index (χ1n) is 8.31. The van der Waals surface area contributed by atoms with E-state index >= 15 is 0 Å². The van der Waals surface area contributed by atoms with Gasteiger partial charge < -0.3 is 15.4 Å². The average molecular weight is 371 g/mol. The third-order valence-corrected chi connectivity index (χ3v) is 3.99. The number of carbonyl (C=O) groups is 2. The van der Waals surface area contributed by atoms with Crippen LogP contribution in [0.4, 0.5) is 4.79 Å². The van der Waals surface area contributed by atoms with E-state index < -0.39 is 6.03 Å². The number of halogens is 1. The van der Waals surface area contributed by atoms with E-state index in [1.807, 2.05) is 31.2 Å². The van der Waals surface area contributed by atoms with Crippen LogP contribution in [0.5, 0.6) is 5.75 Å². The molecule has 1 heterocycles. The SMILES string of the molecule is CCCNC(=O)NC(=O)CN1CCNCC1c1ccccc1OC.Cl. The Bertz CT molecular complexity index is 571. The molecule has 1 aliphatic rings. The van der Waals surface area contributed by atoms with Gasteiger partial charge in [-0.1, -0.05) is 25.1 Å². The lowest BCUT2D eigenvalue weighted by Gasteiger charge is -2.36. The number of rotatable bonds is 6. The molecular weight excluding hydrogens is 344 g/mol. The van der Waals surface area contributed by atoms with Crippen molar-refractivity contribution in [2.75, 3.05) is 39.8 Å². The molecule has 1 aromatic rings. The first kappa shape index (κ1) is 21.2. The fourth-order valence-electron chi connectivity index (χ4n) is 2.82. The Morgan fingerprint density at radius 3 is 2.84 bits per heavy atom. The van der Waals surface area contributed by atoms with Gasteiger partial charge in [-0.2, -0.15) is 0 Å². The van der Waals surface area contributed by atoms with Crippen molar-refractivity contribution in [3.8, 4) is 5.75 Å². The second-order valence-corrected chi connectivity index (χ2v) is 5.74. The van der Waals surface area contributed by atoms with Crippen molar-refractivity contribution in [1.29, 1.82) is 0 Å². The minimum atomic E-state index is -0.439. The van der Waals surface area contributed by atoms with Crippen molar-refractivity contribution in [2.45, 2.75) is 19.4 Å². The Kier molecular flexibility index (Phi) is 9.26. The van der Waals surface area contributed by atoms with Crippen LogP contribution in [0.3, 0.4) is 0 Å². The zero-order chi connectivity index (χ0) is 17.4. The van der Waals surface area contributed by atoms with E-state index in [2.05, 4.69) is 20.9 Å². The van der Waals surface area contributed by atoms with Crippen LogP contribution in [0.25, 0.3) is 0 Å². The van der Waals surface area contributed by atoms with Crippen molar-refractivity contribution in [1.82, 2.24) is 20.9 Å². The summed E-state index contributed by atoms with van der Waals surface area (Å²) in [6.07, 6.45) is 0.829. The van der Waals surface area contributed by atoms with E-state index in [1.165, 1.54) is 0 Å². The molecule has 1 unspecified atom stereocenters. The second-order valence-electron chi connectivity index (χ2n) is 5.74. The smallest absolute Gasteiger partial charge is 0.321 e. The van der Waals surface area contributed by atoms with Gasteiger partial charge in [-0.05, 0) is 12.5 Å². The van der Waals surface area contributed by atoms with Gasteiger partial charge >= 0.3 is 6.03 Å². The number of carbonyl (C=O) groups excluding carboxylic acids is 2. The summed E-state index contributed by atoms with van der Waals surface area (Å²) in [6, 6.07) is 7.40. The normalized spacial score (nSPS) is 17.3. The summed E-state index contributed by atoms with van der Waals surface area (Å²) in [5.41, 5.74) is 1.04. The number of urea groups is 1. The van der Waals surface area contributed by atoms with Gasteiger partial charge in [0.25, 0.3) is 0 Å². The van der Waals surface area contributed by atoms with Gasteiger partial charge in [-0.15, -0.1) is 12.4 Å². The lowest BCUT2D eigenvalue weighted by Crippen LogP contribution is -2.51. The first-order valence-corrected chi connectivity index (χ1v) is 8.31. The quantitative estimate of drug-likeness (QED) is 0.703. The Labute approximate surface area is 154 Å². The highest BCUT2D eigenvalue weighted by Crippen LogP contribution is 2.29. The topological polar surface area (TPSA) is 82.7 Å². The number of amides is 3. The summed E-state index contributed by atoms with van der Waals surface area (Å²) in [4.78, 5) is 25.8. The highest BCUT2D eigenvalue weighted by molar-refractivity contribution is 5.95. The van der Waals surface area contributed by atoms with Crippen LogP contribution in [-0.2, 0) is 4.79 Å². The lowest BCUT2D eigenvalue weighted by molar-refractivity contribution is -0.122. The Balaban J connectivity index is 0.00000312. The number of para-hydroxylation sites is 1. The maximum Gasteiger partial charge on any atom is 0.321 e. The van der Waals surface area contributed by atoms with Crippen LogP contribution in [0.1, 0.15) is 24.9 Å². The van der Waals surface area contributed by atoms with Crippen LogP contribution < -0.4 is 20.7 Å². The Hall–Kier alpha value is -1.83. The fraction of sp³-hybridized carbons (Fsp3) is 0.529. The number of imide groups is 1. The highest BCUT2D eigenvalue weighted by atomic mass is 35.5. The van der Waals surface area contributed by atoms with Gasteiger partial charge in [0.15, 0.2) is 0 Å². The highest BCUT2D eigenvalue weighted by Gasteiger charge is 2.27. The number of hydrogen-bond donors (Lipinski definition) is 3. The summed E-state index contributed by atoms with van der Waals surface area (Å²) in [6.45, 7) is 4.95. The van der Waals surface area contributed by atoms with E-state index in [0.717, 1.165) is 37.4 Å². The van der Waals surface area contributed by atoms with E-state index in [1.54, 1.807) is 7.11 Å². The molecule has 7 nitrogen and oxygen atoms in total. The zero-order valence-corrected chi connectivity index (χ0v) is 15.5.